The van der Waals surface area contributed by atoms with Gasteiger partial charge in [0, 0.05) is 42.8 Å². The minimum absolute atomic E-state index is 0.168. The Hall–Kier alpha value is -3.47. The topological polar surface area (TPSA) is 62.3 Å². The number of pyridine rings is 1. The molecule has 5 nitrogen and oxygen atoms in total. The lowest BCUT2D eigenvalue weighted by Crippen LogP contribution is -2.27. The third-order valence-corrected chi connectivity index (χ3v) is 4.00. The molecular formula is C21H19N3O2. The van der Waals surface area contributed by atoms with E-state index in [2.05, 4.69) is 10.3 Å². The van der Waals surface area contributed by atoms with Crippen molar-refractivity contribution in [1.29, 1.82) is 0 Å². The quantitative estimate of drug-likeness (QED) is 0.772. The Balaban J connectivity index is 1.71. The summed E-state index contributed by atoms with van der Waals surface area (Å²) < 4.78 is 0. The second-order valence-electron chi connectivity index (χ2n) is 5.82. The molecule has 1 aromatic heterocycles. The predicted octanol–water partition coefficient (Wildman–Crippen LogP) is 3.29. The standard InChI is InChI=1S/C21H19N3O2/c1-24(19-10-3-2-4-11-19)21(26)18-9-5-8-17(13-18)20(25)23-15-16-7-6-12-22-14-16/h2-14H,15H2,1H3,(H,23,25). The van der Waals surface area contributed by atoms with Gasteiger partial charge in [0.05, 0.1) is 0 Å². The van der Waals surface area contributed by atoms with Crippen molar-refractivity contribution < 1.29 is 9.59 Å². The molecule has 0 bridgehead atoms. The first kappa shape index (κ1) is 17.4. The fourth-order valence-electron chi connectivity index (χ4n) is 2.54. The van der Waals surface area contributed by atoms with Crippen molar-refractivity contribution >= 4 is 17.5 Å². The van der Waals surface area contributed by atoms with Crippen LogP contribution in [0.3, 0.4) is 0 Å². The van der Waals surface area contributed by atoms with Crippen LogP contribution in [0.4, 0.5) is 5.69 Å². The van der Waals surface area contributed by atoms with Crippen LogP contribution < -0.4 is 10.2 Å². The van der Waals surface area contributed by atoms with Gasteiger partial charge in [0.2, 0.25) is 0 Å². The van der Waals surface area contributed by atoms with E-state index in [1.165, 1.54) is 0 Å². The van der Waals surface area contributed by atoms with E-state index in [-0.39, 0.29) is 11.8 Å². The number of rotatable bonds is 5. The molecule has 0 radical (unpaired) electrons. The summed E-state index contributed by atoms with van der Waals surface area (Å²) >= 11 is 0. The fraction of sp³-hybridized carbons (Fsp3) is 0.0952. The summed E-state index contributed by atoms with van der Waals surface area (Å²) in [4.78, 5) is 30.6. The summed E-state index contributed by atoms with van der Waals surface area (Å²) in [7, 11) is 1.72. The maximum absolute atomic E-state index is 12.7. The van der Waals surface area contributed by atoms with Crippen LogP contribution in [0.25, 0.3) is 0 Å². The zero-order valence-electron chi connectivity index (χ0n) is 14.4. The van der Waals surface area contributed by atoms with Crippen LogP contribution in [0.2, 0.25) is 0 Å². The number of hydrogen-bond donors (Lipinski definition) is 1. The second-order valence-corrected chi connectivity index (χ2v) is 5.82. The largest absolute Gasteiger partial charge is 0.348 e. The van der Waals surface area contributed by atoms with Crippen LogP contribution in [0, 0.1) is 0 Å². The van der Waals surface area contributed by atoms with Gasteiger partial charge in [0.15, 0.2) is 0 Å². The van der Waals surface area contributed by atoms with E-state index >= 15 is 0 Å². The molecule has 0 aliphatic heterocycles. The van der Waals surface area contributed by atoms with Crippen molar-refractivity contribution in [3.63, 3.8) is 0 Å². The number of nitrogens with zero attached hydrogens (tertiary/aromatic N) is 2. The van der Waals surface area contributed by atoms with Crippen LogP contribution in [0.15, 0.2) is 79.1 Å². The van der Waals surface area contributed by atoms with Crippen LogP contribution in [0.1, 0.15) is 26.3 Å². The molecule has 2 amide bonds. The zero-order chi connectivity index (χ0) is 18.4. The average Bonchev–Trinajstić information content (AvgIpc) is 2.72. The van der Waals surface area contributed by atoms with Crippen molar-refractivity contribution in [3.05, 3.63) is 95.8 Å². The fourth-order valence-corrected chi connectivity index (χ4v) is 2.54. The number of amides is 2. The molecular weight excluding hydrogens is 326 g/mol. The molecule has 1 N–H and O–H groups in total. The van der Waals surface area contributed by atoms with Gasteiger partial charge in [0.1, 0.15) is 0 Å². The van der Waals surface area contributed by atoms with E-state index in [9.17, 15) is 9.59 Å². The number of aromatic nitrogens is 1. The highest BCUT2D eigenvalue weighted by molar-refractivity contribution is 6.07. The van der Waals surface area contributed by atoms with Crippen molar-refractivity contribution in [2.24, 2.45) is 0 Å². The zero-order valence-corrected chi connectivity index (χ0v) is 14.4. The maximum Gasteiger partial charge on any atom is 0.258 e. The first-order chi connectivity index (χ1) is 12.6. The summed E-state index contributed by atoms with van der Waals surface area (Å²) in [5.41, 5.74) is 2.62. The molecule has 3 aromatic rings. The van der Waals surface area contributed by atoms with E-state index < -0.39 is 0 Å². The molecule has 0 unspecified atom stereocenters. The predicted molar refractivity (Wildman–Crippen MR) is 101 cm³/mol. The SMILES string of the molecule is CN(C(=O)c1cccc(C(=O)NCc2cccnc2)c1)c1ccccc1. The van der Waals surface area contributed by atoms with E-state index in [1.807, 2.05) is 42.5 Å². The van der Waals surface area contributed by atoms with Crippen LogP contribution >= 0.6 is 0 Å². The van der Waals surface area contributed by atoms with Gasteiger partial charge in [-0.3, -0.25) is 14.6 Å². The molecule has 0 atom stereocenters. The molecule has 26 heavy (non-hydrogen) atoms. The third kappa shape index (κ3) is 4.13. The van der Waals surface area contributed by atoms with Crippen LogP contribution in [-0.4, -0.2) is 23.8 Å². The molecule has 1 heterocycles. The summed E-state index contributed by atoms with van der Waals surface area (Å²) in [5.74, 6) is -0.399. The van der Waals surface area contributed by atoms with Gasteiger partial charge in [0.25, 0.3) is 11.8 Å². The number of carbonyl (C=O) groups is 2. The van der Waals surface area contributed by atoms with Gasteiger partial charge >= 0.3 is 0 Å². The van der Waals surface area contributed by atoms with Crippen molar-refractivity contribution in [3.8, 4) is 0 Å². The van der Waals surface area contributed by atoms with Crippen LogP contribution in [-0.2, 0) is 6.54 Å². The Morgan fingerprint density at radius 3 is 2.46 bits per heavy atom. The first-order valence-electron chi connectivity index (χ1n) is 8.25. The lowest BCUT2D eigenvalue weighted by atomic mass is 10.1. The number of anilines is 1. The molecule has 0 aliphatic carbocycles. The van der Waals surface area contributed by atoms with Crippen molar-refractivity contribution in [2.75, 3.05) is 11.9 Å². The molecule has 5 heteroatoms. The number of para-hydroxylation sites is 1. The number of benzene rings is 2. The minimum atomic E-state index is -0.231. The van der Waals surface area contributed by atoms with Crippen molar-refractivity contribution in [1.82, 2.24) is 10.3 Å². The number of carbonyl (C=O) groups excluding carboxylic acids is 2. The molecule has 0 spiro atoms. The Bertz CT molecular complexity index is 895. The summed E-state index contributed by atoms with van der Waals surface area (Å²) in [5, 5.41) is 2.84. The van der Waals surface area contributed by atoms with E-state index in [0.29, 0.717) is 17.7 Å². The monoisotopic (exact) mass is 345 g/mol. The summed E-state index contributed by atoms with van der Waals surface area (Å²) in [6, 6.07) is 19.8. The molecule has 130 valence electrons. The summed E-state index contributed by atoms with van der Waals surface area (Å²) in [6.07, 6.45) is 3.39. The van der Waals surface area contributed by atoms with Gasteiger partial charge < -0.3 is 10.2 Å². The highest BCUT2D eigenvalue weighted by Gasteiger charge is 2.15. The van der Waals surface area contributed by atoms with Crippen molar-refractivity contribution in [2.45, 2.75) is 6.54 Å². The highest BCUT2D eigenvalue weighted by Crippen LogP contribution is 2.15. The number of nitrogens with one attached hydrogen (secondary N) is 1. The van der Waals surface area contributed by atoms with Crippen LogP contribution in [0.5, 0.6) is 0 Å². The molecule has 3 rings (SSSR count). The Morgan fingerprint density at radius 2 is 1.73 bits per heavy atom. The smallest absolute Gasteiger partial charge is 0.258 e. The van der Waals surface area contributed by atoms with Gasteiger partial charge in [-0.15, -0.1) is 0 Å². The van der Waals surface area contributed by atoms with E-state index in [1.54, 1.807) is 48.6 Å². The summed E-state index contributed by atoms with van der Waals surface area (Å²) in [6.45, 7) is 0.384. The van der Waals surface area contributed by atoms with E-state index in [4.69, 9.17) is 0 Å². The first-order valence-corrected chi connectivity index (χ1v) is 8.25. The Morgan fingerprint density at radius 1 is 0.962 bits per heavy atom. The normalized spacial score (nSPS) is 10.2. The maximum atomic E-state index is 12.7. The van der Waals surface area contributed by atoms with E-state index in [0.717, 1.165) is 11.3 Å². The van der Waals surface area contributed by atoms with Gasteiger partial charge in [-0.05, 0) is 42.0 Å². The second kappa shape index (κ2) is 8.07. The van der Waals surface area contributed by atoms with Gasteiger partial charge in [-0.25, -0.2) is 0 Å². The molecule has 0 saturated carbocycles. The van der Waals surface area contributed by atoms with Gasteiger partial charge in [-0.1, -0.05) is 30.3 Å². The molecule has 0 aliphatic rings. The van der Waals surface area contributed by atoms with Gasteiger partial charge in [-0.2, -0.15) is 0 Å². The minimum Gasteiger partial charge on any atom is -0.348 e. The lowest BCUT2D eigenvalue weighted by Gasteiger charge is -2.17. The average molecular weight is 345 g/mol. The Labute approximate surface area is 152 Å². The third-order valence-electron chi connectivity index (χ3n) is 4.00. The highest BCUT2D eigenvalue weighted by atomic mass is 16.2. The molecule has 2 aromatic carbocycles. The lowest BCUT2D eigenvalue weighted by molar-refractivity contribution is 0.0951. The number of hydrogen-bond acceptors (Lipinski definition) is 3. The molecule has 0 fully saturated rings. The Kier molecular flexibility index (Phi) is 5.39. The molecule has 0 saturated heterocycles.